The van der Waals surface area contributed by atoms with Gasteiger partial charge in [-0.3, -0.25) is 9.59 Å². The summed E-state index contributed by atoms with van der Waals surface area (Å²) < 4.78 is 0. The average Bonchev–Trinajstić information content (AvgIpc) is 2.87. The summed E-state index contributed by atoms with van der Waals surface area (Å²) in [5, 5.41) is 6.65. The maximum Gasteiger partial charge on any atom is 0.259 e. The number of rotatable bonds is 9. The van der Waals surface area contributed by atoms with E-state index in [-0.39, 0.29) is 29.1 Å². The second-order valence-electron chi connectivity index (χ2n) is 5.97. The molecule has 2 aromatic rings. The fourth-order valence-corrected chi connectivity index (χ4v) is 4.19. The van der Waals surface area contributed by atoms with E-state index in [1.807, 2.05) is 20.8 Å². The van der Waals surface area contributed by atoms with Gasteiger partial charge in [-0.1, -0.05) is 6.92 Å². The van der Waals surface area contributed by atoms with Crippen LogP contribution in [0.1, 0.15) is 36.5 Å². The fourth-order valence-electron chi connectivity index (χ4n) is 2.37. The maximum absolute atomic E-state index is 12.3. The minimum atomic E-state index is -0.195. The zero-order valence-corrected chi connectivity index (χ0v) is 18.1. The summed E-state index contributed by atoms with van der Waals surface area (Å²) in [6.07, 6.45) is 1.08. The molecule has 0 aliphatic rings. The number of thioether (sulfide) groups is 1. The number of carbonyl (C=O) groups is 1. The lowest BCUT2D eigenvalue weighted by Crippen LogP contribution is -2.36. The van der Waals surface area contributed by atoms with Crippen molar-refractivity contribution in [3.63, 3.8) is 0 Å². The van der Waals surface area contributed by atoms with Crippen molar-refractivity contribution >= 4 is 51.6 Å². The van der Waals surface area contributed by atoms with Crippen LogP contribution in [0.3, 0.4) is 0 Å². The molecule has 146 valence electrons. The van der Waals surface area contributed by atoms with E-state index in [1.54, 1.807) is 0 Å². The molecule has 2 heterocycles. The molecule has 0 aromatic carbocycles. The van der Waals surface area contributed by atoms with Crippen molar-refractivity contribution in [3.8, 4) is 0 Å². The molecule has 1 atom stereocenters. The van der Waals surface area contributed by atoms with E-state index in [2.05, 4.69) is 27.5 Å². The molecule has 2 rings (SSSR count). The number of hydrogen-bond acceptors (Lipinski definition) is 6. The van der Waals surface area contributed by atoms with Gasteiger partial charge in [-0.05, 0) is 39.3 Å². The highest BCUT2D eigenvalue weighted by Gasteiger charge is 2.15. The van der Waals surface area contributed by atoms with Gasteiger partial charge < -0.3 is 15.6 Å². The van der Waals surface area contributed by atoms with Crippen molar-refractivity contribution in [1.29, 1.82) is 0 Å². The zero-order valence-electron chi connectivity index (χ0n) is 15.6. The van der Waals surface area contributed by atoms with Crippen molar-refractivity contribution in [1.82, 2.24) is 20.6 Å². The maximum atomic E-state index is 12.3. The molecule has 9 heteroatoms. The normalized spacial score (nSPS) is 12.0. The van der Waals surface area contributed by atoms with Crippen LogP contribution in [0.2, 0.25) is 0 Å². The SMILES string of the molecule is CCCNCCNC(=O)C(C)SCc1nc2sc(C)c(C)c2c(=O)[nH]1.Cl. The molecule has 1 unspecified atom stereocenters. The number of halogens is 1. The molecule has 0 aliphatic carbocycles. The molecule has 26 heavy (non-hydrogen) atoms. The predicted octanol–water partition coefficient (Wildman–Crippen LogP) is 2.76. The second kappa shape index (κ2) is 10.9. The Morgan fingerprint density at radius 1 is 1.31 bits per heavy atom. The first kappa shape index (κ1) is 23.0. The van der Waals surface area contributed by atoms with Crippen LogP contribution >= 0.6 is 35.5 Å². The van der Waals surface area contributed by atoms with Gasteiger partial charge in [-0.2, -0.15) is 0 Å². The van der Waals surface area contributed by atoms with E-state index in [0.717, 1.165) is 34.8 Å². The van der Waals surface area contributed by atoms with Crippen LogP contribution in [0.15, 0.2) is 4.79 Å². The first-order valence-electron chi connectivity index (χ1n) is 8.53. The van der Waals surface area contributed by atoms with Gasteiger partial charge in [0.05, 0.1) is 16.4 Å². The van der Waals surface area contributed by atoms with Gasteiger partial charge in [0.1, 0.15) is 10.7 Å². The summed E-state index contributed by atoms with van der Waals surface area (Å²) in [4.78, 5) is 33.6. The Morgan fingerprint density at radius 3 is 2.73 bits per heavy atom. The summed E-state index contributed by atoms with van der Waals surface area (Å²) in [7, 11) is 0. The summed E-state index contributed by atoms with van der Waals surface area (Å²) in [5.74, 6) is 1.13. The van der Waals surface area contributed by atoms with Crippen LogP contribution in [0.5, 0.6) is 0 Å². The third kappa shape index (κ3) is 5.97. The van der Waals surface area contributed by atoms with Crippen LogP contribution in [0, 0.1) is 13.8 Å². The van der Waals surface area contributed by atoms with Crippen LogP contribution in [0.4, 0.5) is 0 Å². The van der Waals surface area contributed by atoms with E-state index >= 15 is 0 Å². The van der Waals surface area contributed by atoms with E-state index in [9.17, 15) is 9.59 Å². The lowest BCUT2D eigenvalue weighted by molar-refractivity contribution is -0.120. The second-order valence-corrected chi connectivity index (χ2v) is 8.50. The molecule has 6 nitrogen and oxygen atoms in total. The van der Waals surface area contributed by atoms with Gasteiger partial charge in [0.2, 0.25) is 5.91 Å². The Balaban J connectivity index is 0.00000338. The summed E-state index contributed by atoms with van der Waals surface area (Å²) >= 11 is 3.01. The highest BCUT2D eigenvalue weighted by Crippen LogP contribution is 2.26. The number of amides is 1. The van der Waals surface area contributed by atoms with E-state index in [0.29, 0.717) is 23.5 Å². The van der Waals surface area contributed by atoms with Gasteiger partial charge in [0, 0.05) is 18.0 Å². The van der Waals surface area contributed by atoms with Crippen molar-refractivity contribution in [2.75, 3.05) is 19.6 Å². The van der Waals surface area contributed by atoms with E-state index in [1.165, 1.54) is 23.1 Å². The summed E-state index contributed by atoms with van der Waals surface area (Å²) in [6, 6.07) is 0. The molecule has 0 saturated carbocycles. The zero-order chi connectivity index (χ0) is 18.4. The quantitative estimate of drug-likeness (QED) is 0.545. The highest BCUT2D eigenvalue weighted by molar-refractivity contribution is 7.99. The number of H-pyrrole nitrogens is 1. The number of aryl methyl sites for hydroxylation is 2. The van der Waals surface area contributed by atoms with Crippen molar-refractivity contribution in [2.24, 2.45) is 0 Å². The molecule has 2 aromatic heterocycles. The highest BCUT2D eigenvalue weighted by atomic mass is 35.5. The van der Waals surface area contributed by atoms with Gasteiger partial charge in [-0.25, -0.2) is 4.98 Å². The first-order chi connectivity index (χ1) is 11.9. The van der Waals surface area contributed by atoms with Crippen LogP contribution in [-0.4, -0.2) is 40.8 Å². The molecule has 0 fully saturated rings. The monoisotopic (exact) mass is 418 g/mol. The van der Waals surface area contributed by atoms with Crippen molar-refractivity contribution < 1.29 is 4.79 Å². The number of aromatic amines is 1. The Morgan fingerprint density at radius 2 is 2.04 bits per heavy atom. The molecule has 0 spiro atoms. The molecule has 1 amide bonds. The molecule has 0 radical (unpaired) electrons. The topological polar surface area (TPSA) is 86.9 Å². The largest absolute Gasteiger partial charge is 0.354 e. The molecule has 0 bridgehead atoms. The van der Waals surface area contributed by atoms with Gasteiger partial charge in [0.25, 0.3) is 5.56 Å². The van der Waals surface area contributed by atoms with Gasteiger partial charge in [0.15, 0.2) is 0 Å². The first-order valence-corrected chi connectivity index (χ1v) is 10.4. The van der Waals surface area contributed by atoms with Gasteiger partial charge in [-0.15, -0.1) is 35.5 Å². The molecular weight excluding hydrogens is 392 g/mol. The Bertz CT molecular complexity index is 791. The van der Waals surface area contributed by atoms with E-state index < -0.39 is 0 Å². The van der Waals surface area contributed by atoms with E-state index in [4.69, 9.17) is 0 Å². The number of thiophene rings is 1. The number of hydrogen-bond donors (Lipinski definition) is 3. The third-order valence-electron chi connectivity index (χ3n) is 3.96. The minimum absolute atomic E-state index is 0. The fraction of sp³-hybridized carbons (Fsp3) is 0.588. The average molecular weight is 419 g/mol. The van der Waals surface area contributed by atoms with Crippen LogP contribution in [-0.2, 0) is 10.5 Å². The summed E-state index contributed by atoms with van der Waals surface area (Å²) in [6.45, 7) is 10.3. The van der Waals surface area contributed by atoms with Crippen molar-refractivity contribution in [3.05, 3.63) is 26.6 Å². The number of fused-ring (bicyclic) bond motifs is 1. The Labute approximate surface area is 168 Å². The molecule has 0 aliphatic heterocycles. The Kier molecular flexibility index (Phi) is 9.63. The molecule has 3 N–H and O–H groups in total. The number of aromatic nitrogens is 2. The number of nitrogens with one attached hydrogen (secondary N) is 3. The number of carbonyl (C=O) groups excluding carboxylic acids is 1. The number of nitrogens with zero attached hydrogens (tertiary/aromatic N) is 1. The Hall–Kier alpha value is -1.09. The predicted molar refractivity (Wildman–Crippen MR) is 114 cm³/mol. The smallest absolute Gasteiger partial charge is 0.259 e. The minimum Gasteiger partial charge on any atom is -0.354 e. The lowest BCUT2D eigenvalue weighted by Gasteiger charge is -2.12. The van der Waals surface area contributed by atoms with Crippen LogP contribution < -0.4 is 16.2 Å². The molecule has 0 saturated heterocycles. The molecular formula is C17H27ClN4O2S2. The standard InChI is InChI=1S/C17H26N4O2S2.ClH/c1-5-6-18-7-8-19-15(22)12(4)24-9-13-20-16(23)14-10(2)11(3)25-17(14)21-13;/h12,18H,5-9H2,1-4H3,(H,19,22)(H,20,21,23);1H. The third-order valence-corrected chi connectivity index (χ3v) is 6.21. The summed E-state index contributed by atoms with van der Waals surface area (Å²) in [5.41, 5.74) is 0.902. The lowest BCUT2D eigenvalue weighted by atomic mass is 10.2. The van der Waals surface area contributed by atoms with Crippen LogP contribution in [0.25, 0.3) is 10.2 Å². The van der Waals surface area contributed by atoms with Gasteiger partial charge >= 0.3 is 0 Å². The van der Waals surface area contributed by atoms with Crippen molar-refractivity contribution in [2.45, 2.75) is 45.1 Å².